The number of hydrogen-bond acceptors (Lipinski definition) is 4. The molecule has 2 N–H and O–H groups in total. The fourth-order valence-electron chi connectivity index (χ4n) is 1.84. The number of aromatic nitrogens is 2. The number of benzene rings is 1. The van der Waals surface area contributed by atoms with Crippen LogP contribution in [-0.4, -0.2) is 27.4 Å². The fourth-order valence-corrected chi connectivity index (χ4v) is 1.84. The van der Waals surface area contributed by atoms with Gasteiger partial charge in [0, 0.05) is 17.4 Å². The second kappa shape index (κ2) is 5.53. The van der Waals surface area contributed by atoms with E-state index in [1.165, 1.54) is 12.8 Å². The average molecular weight is 276 g/mol. The standard InChI is InChI=1S/C10H10N2O.C5H10O2/c13-7-3-4-8-9(5-7)11-12-10(8)6-1-2-6;1-5(2,3)7-4-6/h3-6,13H,1-2H2,(H,11,12);4H,1-3H3. The highest BCUT2D eigenvalue weighted by molar-refractivity contribution is 5.83. The van der Waals surface area contributed by atoms with Crippen LogP contribution in [0.3, 0.4) is 0 Å². The van der Waals surface area contributed by atoms with Crippen LogP contribution in [0.5, 0.6) is 5.75 Å². The molecule has 5 heteroatoms. The lowest BCUT2D eigenvalue weighted by atomic mass is 10.1. The summed E-state index contributed by atoms with van der Waals surface area (Å²) in [5.74, 6) is 0.941. The number of carbonyl (C=O) groups is 1. The van der Waals surface area contributed by atoms with E-state index < -0.39 is 0 Å². The van der Waals surface area contributed by atoms with Crippen LogP contribution >= 0.6 is 0 Å². The van der Waals surface area contributed by atoms with Crippen LogP contribution < -0.4 is 0 Å². The number of H-pyrrole nitrogens is 1. The number of fused-ring (bicyclic) bond motifs is 1. The number of carbonyl (C=O) groups excluding carboxylic acids is 1. The molecule has 1 aromatic heterocycles. The second-order valence-corrected chi connectivity index (χ2v) is 5.94. The van der Waals surface area contributed by atoms with Gasteiger partial charge in [-0.25, -0.2) is 0 Å². The molecule has 5 nitrogen and oxygen atoms in total. The topological polar surface area (TPSA) is 75.2 Å². The Morgan fingerprint density at radius 3 is 2.60 bits per heavy atom. The third-order valence-corrected chi connectivity index (χ3v) is 2.94. The van der Waals surface area contributed by atoms with Crippen LogP contribution in [0.1, 0.15) is 45.2 Å². The third-order valence-electron chi connectivity index (χ3n) is 2.94. The van der Waals surface area contributed by atoms with Crippen LogP contribution in [0.2, 0.25) is 0 Å². The molecule has 1 aliphatic carbocycles. The van der Waals surface area contributed by atoms with Gasteiger partial charge in [-0.15, -0.1) is 0 Å². The molecule has 0 saturated heterocycles. The van der Waals surface area contributed by atoms with Gasteiger partial charge >= 0.3 is 0 Å². The van der Waals surface area contributed by atoms with Gasteiger partial charge < -0.3 is 9.84 Å². The molecule has 0 unspecified atom stereocenters. The number of ether oxygens (including phenoxy) is 1. The van der Waals surface area contributed by atoms with Crippen molar-refractivity contribution in [3.63, 3.8) is 0 Å². The quantitative estimate of drug-likeness (QED) is 0.826. The van der Waals surface area contributed by atoms with Gasteiger partial charge in [-0.2, -0.15) is 5.10 Å². The lowest BCUT2D eigenvalue weighted by molar-refractivity contribution is -0.138. The second-order valence-electron chi connectivity index (χ2n) is 5.94. The van der Waals surface area contributed by atoms with Crippen molar-refractivity contribution in [3.05, 3.63) is 23.9 Å². The number of phenolic OH excluding ortho intramolecular Hbond substituents is 1. The van der Waals surface area contributed by atoms with Crippen LogP contribution in [0.25, 0.3) is 10.9 Å². The van der Waals surface area contributed by atoms with Gasteiger partial charge in [0.15, 0.2) is 0 Å². The predicted octanol–water partition coefficient (Wildman–Crippen LogP) is 3.10. The summed E-state index contributed by atoms with van der Waals surface area (Å²) in [6.07, 6.45) is 2.50. The van der Waals surface area contributed by atoms with Crippen molar-refractivity contribution in [1.29, 1.82) is 0 Å². The summed E-state index contributed by atoms with van der Waals surface area (Å²) in [6, 6.07) is 5.36. The van der Waals surface area contributed by atoms with Crippen LogP contribution in [0.4, 0.5) is 0 Å². The molecule has 1 fully saturated rings. The van der Waals surface area contributed by atoms with Crippen molar-refractivity contribution in [2.24, 2.45) is 0 Å². The molecular formula is C15H20N2O3. The van der Waals surface area contributed by atoms with Gasteiger partial charge in [0.25, 0.3) is 6.47 Å². The Kier molecular flexibility index (Phi) is 3.97. The zero-order chi connectivity index (χ0) is 14.8. The molecular weight excluding hydrogens is 256 g/mol. The maximum absolute atomic E-state index is 9.60. The van der Waals surface area contributed by atoms with E-state index in [1.54, 1.807) is 12.1 Å². The molecule has 0 amide bonds. The van der Waals surface area contributed by atoms with Crippen molar-refractivity contribution in [1.82, 2.24) is 10.2 Å². The highest BCUT2D eigenvalue weighted by Crippen LogP contribution is 2.42. The van der Waals surface area contributed by atoms with Crippen molar-refractivity contribution in [3.8, 4) is 5.75 Å². The van der Waals surface area contributed by atoms with Crippen molar-refractivity contribution in [2.45, 2.75) is 45.1 Å². The number of nitrogens with one attached hydrogen (secondary N) is 1. The SMILES string of the molecule is CC(C)(C)OC=O.Oc1ccc2c(C3CC3)n[nH]c2c1. The number of hydrogen-bond donors (Lipinski definition) is 2. The Morgan fingerprint density at radius 2 is 2.10 bits per heavy atom. The van der Waals surface area contributed by atoms with Gasteiger partial charge in [0.05, 0.1) is 11.2 Å². The Hall–Kier alpha value is -2.04. The van der Waals surface area contributed by atoms with Gasteiger partial charge in [-0.3, -0.25) is 9.89 Å². The molecule has 1 aromatic carbocycles. The molecule has 0 bridgehead atoms. The van der Waals surface area contributed by atoms with E-state index in [1.807, 2.05) is 26.8 Å². The van der Waals surface area contributed by atoms with E-state index in [9.17, 15) is 9.90 Å². The van der Waals surface area contributed by atoms with E-state index in [2.05, 4.69) is 14.9 Å². The molecule has 0 radical (unpaired) electrons. The summed E-state index contributed by atoms with van der Waals surface area (Å²) >= 11 is 0. The first-order valence-corrected chi connectivity index (χ1v) is 6.69. The van der Waals surface area contributed by atoms with Crippen molar-refractivity contribution >= 4 is 17.4 Å². The van der Waals surface area contributed by atoms with Crippen LogP contribution in [-0.2, 0) is 9.53 Å². The Labute approximate surface area is 117 Å². The Bertz CT molecular complexity index is 595. The lowest BCUT2D eigenvalue weighted by Gasteiger charge is -2.14. The maximum Gasteiger partial charge on any atom is 0.293 e. The number of aromatic amines is 1. The maximum atomic E-state index is 9.60. The zero-order valence-corrected chi connectivity index (χ0v) is 12.0. The van der Waals surface area contributed by atoms with Crippen molar-refractivity contribution in [2.75, 3.05) is 0 Å². The van der Waals surface area contributed by atoms with E-state index in [-0.39, 0.29) is 5.60 Å². The first-order valence-electron chi connectivity index (χ1n) is 6.69. The van der Waals surface area contributed by atoms with Gasteiger partial charge in [-0.05, 0) is 45.7 Å². The minimum atomic E-state index is -0.318. The summed E-state index contributed by atoms with van der Waals surface area (Å²) in [4.78, 5) is 9.60. The molecule has 2 aromatic rings. The van der Waals surface area contributed by atoms with Gasteiger partial charge in [0.2, 0.25) is 0 Å². The molecule has 1 heterocycles. The lowest BCUT2D eigenvalue weighted by Crippen LogP contribution is -2.17. The van der Waals surface area contributed by atoms with Crippen LogP contribution in [0, 0.1) is 0 Å². The molecule has 0 atom stereocenters. The molecule has 3 rings (SSSR count). The minimum Gasteiger partial charge on any atom is -0.508 e. The molecule has 1 aliphatic rings. The Morgan fingerprint density at radius 1 is 1.40 bits per heavy atom. The van der Waals surface area contributed by atoms with Crippen LogP contribution in [0.15, 0.2) is 18.2 Å². The molecule has 0 spiro atoms. The highest BCUT2D eigenvalue weighted by atomic mass is 16.5. The largest absolute Gasteiger partial charge is 0.508 e. The summed E-state index contributed by atoms with van der Waals surface area (Å²) < 4.78 is 4.55. The fraction of sp³-hybridized carbons (Fsp3) is 0.467. The van der Waals surface area contributed by atoms with Crippen molar-refractivity contribution < 1.29 is 14.6 Å². The predicted molar refractivity (Wildman–Crippen MR) is 76.6 cm³/mol. The first kappa shape index (κ1) is 14.4. The molecule has 108 valence electrons. The van der Waals surface area contributed by atoms with E-state index in [4.69, 9.17) is 0 Å². The molecule has 20 heavy (non-hydrogen) atoms. The monoisotopic (exact) mass is 276 g/mol. The minimum absolute atomic E-state index is 0.290. The summed E-state index contributed by atoms with van der Waals surface area (Å²) in [5.41, 5.74) is 1.78. The smallest absolute Gasteiger partial charge is 0.293 e. The first-order chi connectivity index (χ1) is 9.40. The van der Waals surface area contributed by atoms with E-state index in [0.717, 1.165) is 16.6 Å². The molecule has 0 aliphatic heterocycles. The number of rotatable bonds is 2. The summed E-state index contributed by atoms with van der Waals surface area (Å²) in [5, 5.41) is 17.6. The summed E-state index contributed by atoms with van der Waals surface area (Å²) in [7, 11) is 0. The summed E-state index contributed by atoms with van der Waals surface area (Å²) in [6.45, 7) is 5.92. The van der Waals surface area contributed by atoms with E-state index >= 15 is 0 Å². The number of aromatic hydroxyl groups is 1. The number of nitrogens with zero attached hydrogens (tertiary/aromatic N) is 1. The molecule has 1 saturated carbocycles. The number of phenols is 1. The zero-order valence-electron chi connectivity index (χ0n) is 12.0. The normalized spacial score (nSPS) is 14.6. The van der Waals surface area contributed by atoms with Gasteiger partial charge in [0.1, 0.15) is 11.4 Å². The average Bonchev–Trinajstić information content (AvgIpc) is 3.09. The van der Waals surface area contributed by atoms with Gasteiger partial charge in [-0.1, -0.05) is 0 Å². The Balaban J connectivity index is 0.000000182. The third kappa shape index (κ3) is 3.73. The van der Waals surface area contributed by atoms with E-state index in [0.29, 0.717) is 18.1 Å². The highest BCUT2D eigenvalue weighted by Gasteiger charge is 2.27.